The van der Waals surface area contributed by atoms with Gasteiger partial charge in [0, 0.05) is 30.9 Å². The number of aromatic nitrogens is 1. The lowest BCUT2D eigenvalue weighted by atomic mass is 9.64. The number of hydrogen-bond donors (Lipinski definition) is 0. The van der Waals surface area contributed by atoms with E-state index < -0.39 is 45.3 Å². The molecule has 204 valence electrons. The summed E-state index contributed by atoms with van der Waals surface area (Å²) >= 11 is 11.8. The van der Waals surface area contributed by atoms with Gasteiger partial charge in [0.25, 0.3) is 5.70 Å². The van der Waals surface area contributed by atoms with Crippen LogP contribution in [0.15, 0.2) is 70.9 Å². The van der Waals surface area contributed by atoms with Crippen LogP contribution in [0.2, 0.25) is 10.2 Å². The molecule has 9 nitrogen and oxygen atoms in total. The van der Waals surface area contributed by atoms with Crippen LogP contribution in [0.4, 0.5) is 13.2 Å². The second-order valence-electron chi connectivity index (χ2n) is 9.24. The van der Waals surface area contributed by atoms with Gasteiger partial charge in [-0.15, -0.1) is 0 Å². The summed E-state index contributed by atoms with van der Waals surface area (Å²) in [5.74, 6) is -1.76. The molecule has 40 heavy (non-hydrogen) atoms. The zero-order chi connectivity index (χ0) is 28.8. The van der Waals surface area contributed by atoms with Gasteiger partial charge in [0.05, 0.1) is 34.9 Å². The van der Waals surface area contributed by atoms with Crippen LogP contribution in [0.25, 0.3) is 0 Å². The number of alkyl halides is 3. The maximum atomic E-state index is 14.3. The Bertz CT molecular complexity index is 1560. The van der Waals surface area contributed by atoms with Crippen LogP contribution in [-0.4, -0.2) is 32.8 Å². The van der Waals surface area contributed by atoms with Crippen molar-refractivity contribution in [3.8, 4) is 12.1 Å². The van der Waals surface area contributed by atoms with E-state index in [-0.39, 0.29) is 41.4 Å². The SMILES string of the molecule is N#CC1(C#N)C(c2ccco2)C([N+](=O)[O-])=C2N(Cc3ccc(Cl)nc3)CCN2C1c1ccc(Cl)cc1C(F)(F)F. The van der Waals surface area contributed by atoms with E-state index in [1.54, 1.807) is 17.0 Å². The van der Waals surface area contributed by atoms with Crippen molar-refractivity contribution in [3.05, 3.63) is 109 Å². The number of hydrogen-bond acceptors (Lipinski definition) is 8. The van der Waals surface area contributed by atoms with Gasteiger partial charge < -0.3 is 14.2 Å². The van der Waals surface area contributed by atoms with E-state index in [1.165, 1.54) is 35.6 Å². The molecule has 1 aromatic carbocycles. The minimum atomic E-state index is -4.90. The number of nitriles is 2. The monoisotopic (exact) mass is 588 g/mol. The molecule has 2 aliphatic rings. The summed E-state index contributed by atoms with van der Waals surface area (Å²) in [6.07, 6.45) is -2.20. The molecular weight excluding hydrogens is 572 g/mol. The highest BCUT2D eigenvalue weighted by Gasteiger charge is 2.64. The first-order valence-electron chi connectivity index (χ1n) is 11.7. The first-order valence-corrected chi connectivity index (χ1v) is 12.5. The molecule has 3 aromatic rings. The highest BCUT2D eigenvalue weighted by atomic mass is 35.5. The van der Waals surface area contributed by atoms with Gasteiger partial charge in [0.1, 0.15) is 16.8 Å². The number of rotatable bonds is 5. The summed E-state index contributed by atoms with van der Waals surface area (Å²) in [4.78, 5) is 19.0. The number of nitro groups is 1. The topological polar surface area (TPSA) is 123 Å². The summed E-state index contributed by atoms with van der Waals surface area (Å²) < 4.78 is 48.5. The van der Waals surface area contributed by atoms with E-state index in [9.17, 15) is 33.8 Å². The molecule has 0 amide bonds. The van der Waals surface area contributed by atoms with E-state index in [1.807, 2.05) is 12.1 Å². The fourth-order valence-electron chi connectivity index (χ4n) is 5.51. The molecule has 1 saturated heterocycles. The maximum absolute atomic E-state index is 14.3. The van der Waals surface area contributed by atoms with Crippen molar-refractivity contribution in [3.63, 3.8) is 0 Å². The van der Waals surface area contributed by atoms with Gasteiger partial charge in [-0.1, -0.05) is 35.3 Å². The highest BCUT2D eigenvalue weighted by Crippen LogP contribution is 2.59. The molecule has 2 aromatic heterocycles. The van der Waals surface area contributed by atoms with Crippen LogP contribution < -0.4 is 0 Å². The van der Waals surface area contributed by atoms with E-state index in [0.717, 1.165) is 12.1 Å². The van der Waals surface area contributed by atoms with Crippen molar-refractivity contribution in [2.75, 3.05) is 13.1 Å². The average molecular weight is 589 g/mol. The van der Waals surface area contributed by atoms with Crippen molar-refractivity contribution in [1.82, 2.24) is 14.8 Å². The van der Waals surface area contributed by atoms with Gasteiger partial charge >= 0.3 is 6.18 Å². The largest absolute Gasteiger partial charge is 0.468 e. The van der Waals surface area contributed by atoms with Crippen LogP contribution in [0.5, 0.6) is 0 Å². The maximum Gasteiger partial charge on any atom is 0.416 e. The molecule has 5 rings (SSSR count). The van der Waals surface area contributed by atoms with Crippen molar-refractivity contribution < 1.29 is 22.5 Å². The lowest BCUT2D eigenvalue weighted by molar-refractivity contribution is -0.438. The second-order valence-corrected chi connectivity index (χ2v) is 10.1. The number of nitrogens with zero attached hydrogens (tertiary/aromatic N) is 6. The standard InChI is InChI=1S/C26H17Cl2F3N6O3/c27-16-4-5-17(18(10-16)26(29,30)31)23-25(13-32,14-33)21(19-2-1-9-40-19)22(37(38)39)24-35(7-8-36(23)24)12-15-3-6-20(28)34-11-15/h1-6,9-11,21,23H,7-8,12H2. The fourth-order valence-corrected chi connectivity index (χ4v) is 5.79. The molecule has 14 heteroatoms. The van der Waals surface area contributed by atoms with Crippen molar-refractivity contribution >= 4 is 23.2 Å². The summed E-state index contributed by atoms with van der Waals surface area (Å²) in [5, 5.41) is 33.7. The van der Waals surface area contributed by atoms with Crippen molar-refractivity contribution in [2.24, 2.45) is 5.41 Å². The number of furan rings is 1. The van der Waals surface area contributed by atoms with Crippen molar-refractivity contribution in [1.29, 1.82) is 10.5 Å². The van der Waals surface area contributed by atoms with Crippen LogP contribution in [0.3, 0.4) is 0 Å². The number of pyridine rings is 1. The fraction of sp³-hybridized carbons (Fsp3) is 0.269. The average Bonchev–Trinajstić information content (AvgIpc) is 3.58. The zero-order valence-electron chi connectivity index (χ0n) is 20.3. The predicted molar refractivity (Wildman–Crippen MR) is 135 cm³/mol. The van der Waals surface area contributed by atoms with Gasteiger partial charge in [-0.2, -0.15) is 23.7 Å². The minimum absolute atomic E-state index is 0.00569. The van der Waals surface area contributed by atoms with Crippen LogP contribution in [0, 0.1) is 38.2 Å². The number of halogens is 5. The van der Waals surface area contributed by atoms with E-state index >= 15 is 0 Å². The van der Waals surface area contributed by atoms with Crippen molar-refractivity contribution in [2.45, 2.75) is 24.7 Å². The first-order chi connectivity index (χ1) is 19.0. The predicted octanol–water partition coefficient (Wildman–Crippen LogP) is 6.14. The molecule has 0 bridgehead atoms. The summed E-state index contributed by atoms with van der Waals surface area (Å²) in [7, 11) is 0. The van der Waals surface area contributed by atoms with Crippen LogP contribution >= 0.6 is 23.2 Å². The van der Waals surface area contributed by atoms with Gasteiger partial charge in [0.2, 0.25) is 0 Å². The molecule has 2 atom stereocenters. The Morgan fingerprint density at radius 3 is 2.50 bits per heavy atom. The number of fused-ring (bicyclic) bond motifs is 1. The summed E-state index contributed by atoms with van der Waals surface area (Å²) in [6, 6.07) is 11.2. The third kappa shape index (κ3) is 4.39. The summed E-state index contributed by atoms with van der Waals surface area (Å²) in [6.45, 7) is 0.247. The Labute approximate surface area is 235 Å². The van der Waals surface area contributed by atoms with Gasteiger partial charge in [-0.3, -0.25) is 10.1 Å². The number of allylic oxidation sites excluding steroid dienone is 1. The van der Waals surface area contributed by atoms with E-state index in [4.69, 9.17) is 27.6 Å². The molecule has 1 fully saturated rings. The Balaban J connectivity index is 1.81. The molecular formula is C26H17Cl2F3N6O3. The third-order valence-corrected chi connectivity index (χ3v) is 7.51. The molecule has 0 aliphatic carbocycles. The van der Waals surface area contributed by atoms with Crippen LogP contribution in [0.1, 0.15) is 34.4 Å². The summed E-state index contributed by atoms with van der Waals surface area (Å²) in [5.41, 5.74) is -3.85. The van der Waals surface area contributed by atoms with Gasteiger partial charge in [-0.05, 0) is 41.5 Å². The lowest BCUT2D eigenvalue weighted by Crippen LogP contribution is -2.49. The first kappa shape index (κ1) is 27.3. The van der Waals surface area contributed by atoms with E-state index in [2.05, 4.69) is 4.98 Å². The molecule has 2 aliphatic heterocycles. The second kappa shape index (κ2) is 10.0. The Hall–Kier alpha value is -4.26. The zero-order valence-corrected chi connectivity index (χ0v) is 21.8. The quantitative estimate of drug-likeness (QED) is 0.198. The minimum Gasteiger partial charge on any atom is -0.468 e. The smallest absolute Gasteiger partial charge is 0.416 e. The number of benzene rings is 1. The lowest BCUT2D eigenvalue weighted by Gasteiger charge is -2.45. The molecule has 0 N–H and O–H groups in total. The Kier molecular flexibility index (Phi) is 6.86. The molecule has 0 saturated carbocycles. The Morgan fingerprint density at radius 2 is 1.93 bits per heavy atom. The van der Waals surface area contributed by atoms with Crippen LogP contribution in [-0.2, 0) is 12.7 Å². The van der Waals surface area contributed by atoms with Gasteiger partial charge in [0.15, 0.2) is 11.2 Å². The molecule has 0 spiro atoms. The molecule has 4 heterocycles. The van der Waals surface area contributed by atoms with E-state index in [0.29, 0.717) is 5.56 Å². The highest BCUT2D eigenvalue weighted by molar-refractivity contribution is 6.30. The van der Waals surface area contributed by atoms with Gasteiger partial charge in [-0.25, -0.2) is 4.98 Å². The normalized spacial score (nSPS) is 20.2. The third-order valence-electron chi connectivity index (χ3n) is 7.06. The Morgan fingerprint density at radius 1 is 1.18 bits per heavy atom. The molecule has 2 unspecified atom stereocenters. The molecule has 0 radical (unpaired) electrons.